The quantitative estimate of drug-likeness (QED) is 0.249. The van der Waals surface area contributed by atoms with Gasteiger partial charge in [0.1, 0.15) is 0 Å². The number of allylic oxidation sites excluding steroid dienone is 1. The van der Waals surface area contributed by atoms with Gasteiger partial charge in [0.15, 0.2) is 0 Å². The number of hydrogen-bond acceptors (Lipinski definition) is 2. The Bertz CT molecular complexity index is 1960. The van der Waals surface area contributed by atoms with Crippen LogP contribution in [0, 0.1) is 0 Å². The van der Waals surface area contributed by atoms with Crippen LogP contribution in [-0.4, -0.2) is 21.1 Å². The van der Waals surface area contributed by atoms with Crippen molar-refractivity contribution in [3.63, 3.8) is 0 Å². The van der Waals surface area contributed by atoms with E-state index in [-0.39, 0.29) is 6.04 Å². The van der Waals surface area contributed by atoms with Gasteiger partial charge in [-0.1, -0.05) is 85.5 Å². The van der Waals surface area contributed by atoms with Crippen LogP contribution in [0.25, 0.3) is 56.2 Å². The van der Waals surface area contributed by atoms with Crippen molar-refractivity contribution in [1.29, 1.82) is 0 Å². The molecule has 3 heterocycles. The van der Waals surface area contributed by atoms with Gasteiger partial charge in [-0.2, -0.15) is 0 Å². The minimum Gasteiger partial charge on any atom is -0.325 e. The van der Waals surface area contributed by atoms with Crippen molar-refractivity contribution in [2.75, 3.05) is 0 Å². The van der Waals surface area contributed by atoms with Crippen LogP contribution in [0.1, 0.15) is 30.7 Å². The summed E-state index contributed by atoms with van der Waals surface area (Å²) in [6.45, 7) is 8.27. The molecule has 0 aliphatic carbocycles. The van der Waals surface area contributed by atoms with Crippen molar-refractivity contribution in [2.45, 2.75) is 19.9 Å². The van der Waals surface area contributed by atoms with Gasteiger partial charge < -0.3 is 9.88 Å². The first kappa shape index (κ1) is 24.0. The Balaban J connectivity index is 1.29. The van der Waals surface area contributed by atoms with E-state index < -0.39 is 0 Å². The van der Waals surface area contributed by atoms with Gasteiger partial charge in [0, 0.05) is 33.1 Å². The summed E-state index contributed by atoms with van der Waals surface area (Å²) in [6.07, 6.45) is 8.32. The van der Waals surface area contributed by atoms with E-state index in [1.54, 1.807) is 0 Å². The third kappa shape index (κ3) is 3.72. The smallest absolute Gasteiger partial charge is 0.208 e. The normalized spacial score (nSPS) is 15.5. The summed E-state index contributed by atoms with van der Waals surface area (Å²) in [5.41, 5.74) is 9.02. The molecule has 194 valence electrons. The van der Waals surface area contributed by atoms with Gasteiger partial charge >= 0.3 is 0 Å². The van der Waals surface area contributed by atoms with Crippen LogP contribution in [-0.2, 0) is 0 Å². The van der Waals surface area contributed by atoms with Crippen LogP contribution in [0.3, 0.4) is 0 Å². The summed E-state index contributed by atoms with van der Waals surface area (Å²) in [4.78, 5) is 5.02. The number of fused-ring (bicyclic) bond motifs is 4. The zero-order valence-corrected chi connectivity index (χ0v) is 22.7. The van der Waals surface area contributed by atoms with Crippen LogP contribution < -0.4 is 5.32 Å². The topological polar surface area (TPSA) is 34.2 Å². The van der Waals surface area contributed by atoms with Gasteiger partial charge in [0.25, 0.3) is 0 Å². The molecule has 1 unspecified atom stereocenters. The van der Waals surface area contributed by atoms with Crippen molar-refractivity contribution in [1.82, 2.24) is 14.5 Å². The molecule has 0 amide bonds. The van der Waals surface area contributed by atoms with E-state index in [0.717, 1.165) is 45.1 Å². The molecule has 0 bridgehead atoms. The molecule has 0 saturated heterocycles. The number of para-hydroxylation sites is 3. The van der Waals surface area contributed by atoms with Crippen molar-refractivity contribution < 1.29 is 0 Å². The van der Waals surface area contributed by atoms with Gasteiger partial charge in [-0.25, -0.2) is 4.99 Å². The molecule has 40 heavy (non-hydrogen) atoms. The SMILES string of the molecule is C=Cc1c(/C=C\C)n(C2=NC(C)C=C(c3ccc(-n4c5ccccc5c5ccccc54)cc3)N2)c2ccccc12. The molecule has 0 fully saturated rings. The first-order valence-corrected chi connectivity index (χ1v) is 13.7. The maximum Gasteiger partial charge on any atom is 0.208 e. The zero-order chi connectivity index (χ0) is 27.2. The fourth-order valence-electron chi connectivity index (χ4n) is 5.99. The molecular weight excluding hydrogens is 488 g/mol. The van der Waals surface area contributed by atoms with E-state index in [4.69, 9.17) is 4.99 Å². The predicted molar refractivity (Wildman–Crippen MR) is 171 cm³/mol. The number of nitrogens with zero attached hydrogens (tertiary/aromatic N) is 3. The highest BCUT2D eigenvalue weighted by Gasteiger charge is 2.21. The van der Waals surface area contributed by atoms with Gasteiger partial charge in [0.05, 0.1) is 28.3 Å². The molecule has 4 heteroatoms. The maximum absolute atomic E-state index is 5.02. The largest absolute Gasteiger partial charge is 0.325 e. The van der Waals surface area contributed by atoms with Gasteiger partial charge in [-0.05, 0) is 61.9 Å². The molecule has 4 nitrogen and oxygen atoms in total. The summed E-state index contributed by atoms with van der Waals surface area (Å²) >= 11 is 0. The van der Waals surface area contributed by atoms with Gasteiger partial charge in [0.2, 0.25) is 5.96 Å². The third-order valence-corrected chi connectivity index (χ3v) is 7.69. The van der Waals surface area contributed by atoms with Crippen molar-refractivity contribution >= 4 is 56.5 Å². The molecular formula is C36H30N4. The van der Waals surface area contributed by atoms with Crippen LogP contribution in [0.4, 0.5) is 0 Å². The van der Waals surface area contributed by atoms with Crippen LogP contribution in [0.15, 0.2) is 121 Å². The minimum absolute atomic E-state index is 0.0232. The Labute approximate surface area is 233 Å². The fourth-order valence-corrected chi connectivity index (χ4v) is 5.99. The Morgan fingerprint density at radius 1 is 0.750 bits per heavy atom. The van der Waals surface area contributed by atoms with E-state index in [1.165, 1.54) is 21.8 Å². The summed E-state index contributed by atoms with van der Waals surface area (Å²) < 4.78 is 4.56. The average molecular weight is 519 g/mol. The average Bonchev–Trinajstić information content (AvgIpc) is 3.49. The number of benzene rings is 4. The second kappa shape index (κ2) is 9.58. The highest BCUT2D eigenvalue weighted by Crippen LogP contribution is 2.33. The van der Waals surface area contributed by atoms with Crippen LogP contribution in [0.5, 0.6) is 0 Å². The van der Waals surface area contributed by atoms with E-state index in [1.807, 2.05) is 13.0 Å². The Hall–Kier alpha value is -5.09. The molecule has 1 aliphatic rings. The molecule has 1 N–H and O–H groups in total. The summed E-state index contributed by atoms with van der Waals surface area (Å²) in [5.74, 6) is 0.814. The Morgan fingerprint density at radius 2 is 1.32 bits per heavy atom. The number of rotatable bonds is 4. The maximum atomic E-state index is 5.02. The molecule has 1 atom stereocenters. The van der Waals surface area contributed by atoms with Gasteiger partial charge in [-0.15, -0.1) is 0 Å². The summed E-state index contributed by atoms with van der Waals surface area (Å²) in [7, 11) is 0. The molecule has 2 aromatic heterocycles. The van der Waals surface area contributed by atoms with Crippen LogP contribution in [0.2, 0.25) is 0 Å². The third-order valence-electron chi connectivity index (χ3n) is 7.69. The first-order valence-electron chi connectivity index (χ1n) is 13.7. The molecule has 0 saturated carbocycles. The highest BCUT2D eigenvalue weighted by molar-refractivity contribution is 6.09. The second-order valence-electron chi connectivity index (χ2n) is 10.2. The molecule has 0 spiro atoms. The second-order valence-corrected chi connectivity index (χ2v) is 10.2. The molecule has 1 aliphatic heterocycles. The number of aromatic nitrogens is 2. The standard InChI is InChI=1S/C36H30N4/c1-4-12-32-27(5-2)28-13-6-11-18-35(28)40(32)36-37-24(3)23-31(38-36)25-19-21-26(22-20-25)39-33-16-9-7-14-29(33)30-15-8-10-17-34(30)39/h4-24H,2H2,1,3H3,(H,37,38)/b12-4-. The van der Waals surface area contributed by atoms with Crippen molar-refractivity contribution in [2.24, 2.45) is 4.99 Å². The lowest BCUT2D eigenvalue weighted by atomic mass is 10.1. The summed E-state index contributed by atoms with van der Waals surface area (Å²) in [6, 6.07) is 34.5. The van der Waals surface area contributed by atoms with E-state index in [9.17, 15) is 0 Å². The number of nitrogens with one attached hydrogen (secondary N) is 1. The zero-order valence-electron chi connectivity index (χ0n) is 22.7. The number of aliphatic imine (C=N–C) groups is 1. The number of hydrogen-bond donors (Lipinski definition) is 1. The lowest BCUT2D eigenvalue weighted by Crippen LogP contribution is -2.34. The summed E-state index contributed by atoms with van der Waals surface area (Å²) in [5, 5.41) is 7.35. The van der Waals surface area contributed by atoms with Crippen molar-refractivity contribution in [3.05, 3.63) is 133 Å². The first-order chi connectivity index (χ1) is 19.7. The highest BCUT2D eigenvalue weighted by atomic mass is 15.2. The molecule has 6 aromatic rings. The van der Waals surface area contributed by atoms with Crippen LogP contribution >= 0.6 is 0 Å². The fraction of sp³-hybridized carbons (Fsp3) is 0.0833. The molecule has 7 rings (SSSR count). The van der Waals surface area contributed by atoms with E-state index in [2.05, 4.69) is 143 Å². The molecule has 4 aromatic carbocycles. The lowest BCUT2D eigenvalue weighted by molar-refractivity contribution is 0.866. The Kier molecular flexibility index (Phi) is 5.75. The lowest BCUT2D eigenvalue weighted by Gasteiger charge is -2.23. The minimum atomic E-state index is 0.0232. The monoisotopic (exact) mass is 518 g/mol. The Morgan fingerprint density at radius 3 is 1.93 bits per heavy atom. The predicted octanol–water partition coefficient (Wildman–Crippen LogP) is 8.65. The van der Waals surface area contributed by atoms with E-state index >= 15 is 0 Å². The molecule has 0 radical (unpaired) electrons. The van der Waals surface area contributed by atoms with Gasteiger partial charge in [-0.3, -0.25) is 4.57 Å². The van der Waals surface area contributed by atoms with Crippen molar-refractivity contribution in [3.8, 4) is 5.69 Å². The van der Waals surface area contributed by atoms with E-state index in [0.29, 0.717) is 0 Å².